The molecule has 6 heteroatoms. The van der Waals surface area contributed by atoms with Gasteiger partial charge in [0.1, 0.15) is 0 Å². The van der Waals surface area contributed by atoms with E-state index in [1.807, 2.05) is 13.8 Å². The molecule has 0 aromatic heterocycles. The van der Waals surface area contributed by atoms with E-state index < -0.39 is 16.6 Å². The van der Waals surface area contributed by atoms with E-state index in [9.17, 15) is 9.59 Å². The molecular weight excluding hydrogens is 432 g/mol. The molecule has 4 nitrogen and oxygen atoms in total. The maximum atomic E-state index is 13.5. The Labute approximate surface area is 201 Å². The van der Waals surface area contributed by atoms with Crippen LogP contribution in [0.4, 0.5) is 0 Å². The fraction of sp³-hybridized carbons (Fsp3) is 0.846. The number of hydrogen-bond donors (Lipinski definition) is 0. The Morgan fingerprint density at radius 2 is 0.938 bits per heavy atom. The summed E-state index contributed by atoms with van der Waals surface area (Å²) < 4.78 is 12.7. The van der Waals surface area contributed by atoms with Crippen LogP contribution in [0.2, 0.25) is 33.2 Å². The van der Waals surface area contributed by atoms with Crippen molar-refractivity contribution in [3.8, 4) is 0 Å². The van der Waals surface area contributed by atoms with Gasteiger partial charge in [-0.15, -0.1) is 0 Å². The molecule has 0 bridgehead atoms. The molecule has 0 aliphatic carbocycles. The molecule has 0 fully saturated rings. The first kappa shape index (κ1) is 31.1. The average Bonchev–Trinajstić information content (AvgIpc) is 2.65. The van der Waals surface area contributed by atoms with Gasteiger partial charge in [0.2, 0.25) is 0 Å². The monoisotopic (exact) mass is 484 g/mol. The van der Waals surface area contributed by atoms with Crippen molar-refractivity contribution in [2.45, 2.75) is 137 Å². The molecule has 188 valence electrons. The fourth-order valence-corrected chi connectivity index (χ4v) is 16.1. The van der Waals surface area contributed by atoms with Crippen molar-refractivity contribution in [1.29, 1.82) is 0 Å². The van der Waals surface area contributed by atoms with E-state index in [1.165, 1.54) is 6.08 Å². The third kappa shape index (κ3) is 6.59. The average molecular weight is 485 g/mol. The SMILES string of the molecule is CCC(C)/C(=C/C(=O)O[Si](C(C)C)(C(C)C)C(C)C)C(=O)O[Si](C(C)C)(C(C)C)C(C)C. The summed E-state index contributed by atoms with van der Waals surface area (Å²) in [6, 6.07) is 0. The Hall–Kier alpha value is -0.886. The highest BCUT2D eigenvalue weighted by atomic mass is 28.4. The van der Waals surface area contributed by atoms with Crippen molar-refractivity contribution in [3.05, 3.63) is 11.6 Å². The van der Waals surface area contributed by atoms with Crippen molar-refractivity contribution in [2.75, 3.05) is 0 Å². The van der Waals surface area contributed by atoms with E-state index in [1.54, 1.807) is 0 Å². The quantitative estimate of drug-likeness (QED) is 0.206. The summed E-state index contributed by atoms with van der Waals surface area (Å²) in [5, 5.41) is 0. The lowest BCUT2D eigenvalue weighted by molar-refractivity contribution is -0.134. The Bertz CT molecular complexity index is 605. The molecule has 0 N–H and O–H groups in total. The molecule has 0 aliphatic rings. The van der Waals surface area contributed by atoms with Crippen LogP contribution in [0.5, 0.6) is 0 Å². The van der Waals surface area contributed by atoms with Crippen LogP contribution in [0.3, 0.4) is 0 Å². The van der Waals surface area contributed by atoms with Crippen molar-refractivity contribution in [1.82, 2.24) is 0 Å². The van der Waals surface area contributed by atoms with Gasteiger partial charge in [0.25, 0.3) is 16.6 Å². The smallest absolute Gasteiger partial charge is 0.321 e. The normalized spacial score (nSPS) is 14.8. The summed E-state index contributed by atoms with van der Waals surface area (Å²) in [7, 11) is -4.77. The molecule has 1 atom stereocenters. The van der Waals surface area contributed by atoms with Crippen molar-refractivity contribution in [3.63, 3.8) is 0 Å². The van der Waals surface area contributed by atoms with Crippen molar-refractivity contribution in [2.24, 2.45) is 5.92 Å². The molecule has 0 heterocycles. The maximum Gasteiger partial charge on any atom is 0.321 e. The highest BCUT2D eigenvalue weighted by Gasteiger charge is 2.50. The predicted octanol–water partition coefficient (Wildman–Crippen LogP) is 8.40. The summed E-state index contributed by atoms with van der Waals surface area (Å²) >= 11 is 0. The molecule has 0 saturated heterocycles. The van der Waals surface area contributed by atoms with E-state index in [0.717, 1.165) is 6.42 Å². The van der Waals surface area contributed by atoms with Gasteiger partial charge in [-0.25, -0.2) is 9.59 Å². The van der Waals surface area contributed by atoms with Crippen LogP contribution in [-0.4, -0.2) is 28.6 Å². The molecule has 0 aromatic carbocycles. The molecule has 0 aromatic rings. The minimum absolute atomic E-state index is 0.0681. The van der Waals surface area contributed by atoms with Gasteiger partial charge in [-0.3, -0.25) is 0 Å². The number of carbonyl (C=O) groups excluding carboxylic acids is 2. The Balaban J connectivity index is 6.28. The summed E-state index contributed by atoms with van der Waals surface area (Å²) in [6.07, 6.45) is 2.21. The van der Waals surface area contributed by atoms with Gasteiger partial charge < -0.3 is 8.85 Å². The predicted molar refractivity (Wildman–Crippen MR) is 142 cm³/mol. The molecule has 0 radical (unpaired) electrons. The van der Waals surface area contributed by atoms with Gasteiger partial charge in [0, 0.05) is 11.6 Å². The molecule has 0 saturated carbocycles. The van der Waals surface area contributed by atoms with Crippen LogP contribution in [0.1, 0.15) is 103 Å². The maximum absolute atomic E-state index is 13.5. The largest absolute Gasteiger partial charge is 0.515 e. The zero-order valence-electron chi connectivity index (χ0n) is 23.5. The van der Waals surface area contributed by atoms with E-state index in [4.69, 9.17) is 8.85 Å². The lowest BCUT2D eigenvalue weighted by Gasteiger charge is -2.42. The van der Waals surface area contributed by atoms with Gasteiger partial charge in [-0.2, -0.15) is 0 Å². The minimum Gasteiger partial charge on any atom is -0.515 e. The molecule has 0 aliphatic heterocycles. The van der Waals surface area contributed by atoms with Gasteiger partial charge in [-0.05, 0) is 45.6 Å². The molecular formula is C26H52O4Si2. The lowest BCUT2D eigenvalue weighted by Crippen LogP contribution is -2.50. The van der Waals surface area contributed by atoms with Crippen LogP contribution in [-0.2, 0) is 18.4 Å². The van der Waals surface area contributed by atoms with E-state index in [2.05, 4.69) is 83.1 Å². The number of hydrogen-bond acceptors (Lipinski definition) is 4. The van der Waals surface area contributed by atoms with Gasteiger partial charge in [-0.1, -0.05) is 96.9 Å². The molecule has 0 rings (SSSR count). The Morgan fingerprint density at radius 1 is 0.625 bits per heavy atom. The summed E-state index contributed by atoms with van der Waals surface area (Å²) in [5.74, 6) is -0.780. The highest BCUT2D eigenvalue weighted by molar-refractivity contribution is 6.79. The molecule has 0 spiro atoms. The third-order valence-corrected chi connectivity index (χ3v) is 19.5. The van der Waals surface area contributed by atoms with Crippen molar-refractivity contribution < 1.29 is 18.4 Å². The zero-order valence-corrected chi connectivity index (χ0v) is 25.5. The van der Waals surface area contributed by atoms with Crippen LogP contribution >= 0.6 is 0 Å². The van der Waals surface area contributed by atoms with E-state index in [-0.39, 0.29) is 17.9 Å². The van der Waals surface area contributed by atoms with Crippen LogP contribution in [0.15, 0.2) is 11.6 Å². The number of carbonyl (C=O) groups is 2. The third-order valence-electron chi connectivity index (χ3n) is 7.61. The summed E-state index contributed by atoms with van der Waals surface area (Å²) in [4.78, 5) is 26.7. The second-order valence-electron chi connectivity index (χ2n) is 11.4. The Kier molecular flexibility index (Phi) is 12.2. The first-order valence-electron chi connectivity index (χ1n) is 12.7. The first-order chi connectivity index (χ1) is 14.5. The van der Waals surface area contributed by atoms with Gasteiger partial charge >= 0.3 is 11.9 Å². The highest BCUT2D eigenvalue weighted by Crippen LogP contribution is 2.44. The minimum atomic E-state index is -2.40. The standard InChI is InChI=1S/C26H52O4Si2/c1-15-23(14)24(26(28)30-32(20(8)9,21(10)11)22(12)13)16-25(27)29-31(17(2)3,18(4)5)19(6)7/h16-23H,15H2,1-14H3/b24-16-. The zero-order chi connectivity index (χ0) is 25.6. The van der Waals surface area contributed by atoms with Crippen LogP contribution in [0.25, 0.3) is 0 Å². The molecule has 32 heavy (non-hydrogen) atoms. The van der Waals surface area contributed by atoms with Gasteiger partial charge in [0.05, 0.1) is 0 Å². The van der Waals surface area contributed by atoms with E-state index >= 15 is 0 Å². The topological polar surface area (TPSA) is 52.6 Å². The second-order valence-corrected chi connectivity index (χ2v) is 22.1. The second kappa shape index (κ2) is 12.5. The first-order valence-corrected chi connectivity index (χ1v) is 17.0. The van der Waals surface area contributed by atoms with Crippen molar-refractivity contribution >= 4 is 28.6 Å². The molecule has 0 amide bonds. The van der Waals surface area contributed by atoms with Crippen LogP contribution in [0, 0.1) is 5.92 Å². The number of rotatable bonds is 12. The van der Waals surface area contributed by atoms with Gasteiger partial charge in [0.15, 0.2) is 0 Å². The fourth-order valence-electron chi connectivity index (χ4n) is 5.88. The molecule has 1 unspecified atom stereocenters. The summed E-state index contributed by atoms with van der Waals surface area (Å²) in [6.45, 7) is 29.9. The van der Waals surface area contributed by atoms with Crippen LogP contribution < -0.4 is 0 Å². The summed E-state index contributed by atoms with van der Waals surface area (Å²) in [5.41, 5.74) is 2.21. The Morgan fingerprint density at radius 3 is 1.22 bits per heavy atom. The van der Waals surface area contributed by atoms with E-state index in [0.29, 0.717) is 38.8 Å². The lowest BCUT2D eigenvalue weighted by atomic mass is 9.98.